The smallest absolute Gasteiger partial charge is 0.270 e. The Hall–Kier alpha value is -0.670. The van der Waals surface area contributed by atoms with Gasteiger partial charge in [-0.15, -0.1) is 0 Å². The Labute approximate surface area is 70.9 Å². The minimum absolute atomic E-state index is 0.231. The first-order chi connectivity index (χ1) is 5.52. The van der Waals surface area contributed by atoms with Crippen LogP contribution >= 0.6 is 0 Å². The molecule has 0 bridgehead atoms. The molecule has 0 aromatic carbocycles. The van der Waals surface area contributed by atoms with Gasteiger partial charge >= 0.3 is 0 Å². The van der Waals surface area contributed by atoms with Crippen LogP contribution in [0, 0.1) is 5.92 Å². The molecule has 0 aliphatic heterocycles. The normalized spacial score (nSPS) is 20.8. The number of nitrogens with zero attached hydrogens (tertiary/aromatic N) is 1. The lowest BCUT2D eigenvalue weighted by Crippen LogP contribution is -2.36. The molecule has 1 aliphatic rings. The molecule has 0 aromatic heterocycles. The second-order valence-electron chi connectivity index (χ2n) is 3.35. The van der Waals surface area contributed by atoms with Crippen molar-refractivity contribution in [2.24, 2.45) is 16.6 Å². The molecule has 4 heteroatoms. The average Bonchev–Trinajstić information content (AvgIpc) is 1.78. The first-order valence-corrected chi connectivity index (χ1v) is 4.17. The van der Waals surface area contributed by atoms with Crippen LogP contribution in [-0.2, 0) is 0 Å². The summed E-state index contributed by atoms with van der Waals surface area (Å²) in [6.07, 6.45) is 2.18. The minimum Gasteiger partial charge on any atom is -0.388 e. The largest absolute Gasteiger partial charge is 0.388 e. The van der Waals surface area contributed by atoms with Gasteiger partial charge in [-0.05, 0) is 19.8 Å². The number of hydrogen-bond acceptors (Lipinski definition) is 1. The molecule has 70 valence electrons. The third kappa shape index (κ3) is 2.16. The van der Waals surface area contributed by atoms with E-state index >= 15 is 0 Å². The standard InChI is InChI=1S/C8H14F2N2/c1-6(11)12-5-8(9,10)7-3-2-4-7/h7H,2-5H2,1H3,(H2,11,12). The van der Waals surface area contributed by atoms with Gasteiger partial charge in [0.2, 0.25) is 0 Å². The number of nitrogens with two attached hydrogens (primary N) is 1. The molecule has 0 atom stereocenters. The van der Waals surface area contributed by atoms with Gasteiger partial charge in [-0.3, -0.25) is 4.99 Å². The molecule has 0 heterocycles. The van der Waals surface area contributed by atoms with Crippen molar-refractivity contribution in [2.75, 3.05) is 6.54 Å². The lowest BCUT2D eigenvalue weighted by Gasteiger charge is -2.32. The highest BCUT2D eigenvalue weighted by molar-refractivity contribution is 5.77. The third-order valence-electron chi connectivity index (χ3n) is 2.24. The van der Waals surface area contributed by atoms with Gasteiger partial charge in [-0.2, -0.15) is 0 Å². The van der Waals surface area contributed by atoms with Crippen LogP contribution in [0.4, 0.5) is 8.78 Å². The van der Waals surface area contributed by atoms with Gasteiger partial charge < -0.3 is 5.73 Å². The number of hydrogen-bond donors (Lipinski definition) is 1. The zero-order chi connectivity index (χ0) is 9.19. The van der Waals surface area contributed by atoms with E-state index < -0.39 is 18.4 Å². The topological polar surface area (TPSA) is 38.4 Å². The summed E-state index contributed by atoms with van der Waals surface area (Å²) >= 11 is 0. The molecule has 0 saturated heterocycles. The van der Waals surface area contributed by atoms with Crippen LogP contribution in [0.5, 0.6) is 0 Å². The van der Waals surface area contributed by atoms with Gasteiger partial charge in [-0.1, -0.05) is 6.42 Å². The number of halogens is 2. The Morgan fingerprint density at radius 1 is 1.58 bits per heavy atom. The van der Waals surface area contributed by atoms with E-state index in [9.17, 15) is 8.78 Å². The highest BCUT2D eigenvalue weighted by Gasteiger charge is 2.42. The lowest BCUT2D eigenvalue weighted by molar-refractivity contribution is -0.0777. The summed E-state index contributed by atoms with van der Waals surface area (Å²) in [5, 5.41) is 0. The van der Waals surface area contributed by atoms with Crippen LogP contribution in [0.2, 0.25) is 0 Å². The predicted molar refractivity (Wildman–Crippen MR) is 44.5 cm³/mol. The van der Waals surface area contributed by atoms with Crippen molar-refractivity contribution >= 4 is 5.84 Å². The Bertz CT molecular complexity index is 181. The molecule has 1 saturated carbocycles. The molecule has 0 spiro atoms. The Balaban J connectivity index is 2.41. The van der Waals surface area contributed by atoms with E-state index in [1.165, 1.54) is 6.92 Å². The van der Waals surface area contributed by atoms with Crippen LogP contribution < -0.4 is 5.73 Å². The van der Waals surface area contributed by atoms with Gasteiger partial charge in [0, 0.05) is 5.92 Å². The van der Waals surface area contributed by atoms with Crippen molar-refractivity contribution in [1.29, 1.82) is 0 Å². The fourth-order valence-electron chi connectivity index (χ4n) is 1.19. The van der Waals surface area contributed by atoms with Crippen LogP contribution in [0.25, 0.3) is 0 Å². The van der Waals surface area contributed by atoms with Crippen molar-refractivity contribution < 1.29 is 8.78 Å². The maximum atomic E-state index is 13.1. The van der Waals surface area contributed by atoms with Crippen molar-refractivity contribution in [1.82, 2.24) is 0 Å². The molecular formula is C8H14F2N2. The molecule has 12 heavy (non-hydrogen) atoms. The second-order valence-corrected chi connectivity index (χ2v) is 3.35. The maximum absolute atomic E-state index is 13.1. The first kappa shape index (κ1) is 9.42. The fourth-order valence-corrected chi connectivity index (χ4v) is 1.19. The van der Waals surface area contributed by atoms with Gasteiger partial charge in [0.05, 0.1) is 5.84 Å². The summed E-state index contributed by atoms with van der Waals surface area (Å²) in [7, 11) is 0. The number of aliphatic imine (C=N–C) groups is 1. The van der Waals surface area contributed by atoms with Crippen molar-refractivity contribution in [3.05, 3.63) is 0 Å². The summed E-state index contributed by atoms with van der Waals surface area (Å²) in [5.74, 6) is -2.87. The number of amidine groups is 1. The molecule has 0 radical (unpaired) electrons. The molecule has 0 amide bonds. The van der Waals surface area contributed by atoms with Crippen molar-refractivity contribution in [3.8, 4) is 0 Å². The molecule has 1 fully saturated rings. The first-order valence-electron chi connectivity index (χ1n) is 4.17. The molecule has 2 nitrogen and oxygen atoms in total. The molecular weight excluding hydrogens is 162 g/mol. The molecule has 1 aliphatic carbocycles. The summed E-state index contributed by atoms with van der Waals surface area (Å²) in [4.78, 5) is 3.54. The van der Waals surface area contributed by atoms with E-state index in [0.29, 0.717) is 12.8 Å². The molecule has 2 N–H and O–H groups in total. The van der Waals surface area contributed by atoms with Crippen LogP contribution in [-0.4, -0.2) is 18.3 Å². The minimum atomic E-state index is -2.64. The van der Waals surface area contributed by atoms with E-state index in [-0.39, 0.29) is 5.84 Å². The third-order valence-corrected chi connectivity index (χ3v) is 2.24. The van der Waals surface area contributed by atoms with Gasteiger partial charge in [0.25, 0.3) is 5.92 Å². The highest BCUT2D eigenvalue weighted by atomic mass is 19.3. The van der Waals surface area contributed by atoms with Crippen LogP contribution in [0.1, 0.15) is 26.2 Å². The van der Waals surface area contributed by atoms with Gasteiger partial charge in [0.1, 0.15) is 6.54 Å². The van der Waals surface area contributed by atoms with Crippen molar-refractivity contribution in [2.45, 2.75) is 32.1 Å². The monoisotopic (exact) mass is 176 g/mol. The summed E-state index contributed by atoms with van der Waals surface area (Å²) in [6.45, 7) is 1.08. The van der Waals surface area contributed by atoms with E-state index in [2.05, 4.69) is 4.99 Å². The molecule has 1 rings (SSSR count). The van der Waals surface area contributed by atoms with Gasteiger partial charge in [-0.25, -0.2) is 8.78 Å². The molecule has 0 aromatic rings. The molecule has 0 unspecified atom stereocenters. The Morgan fingerprint density at radius 3 is 2.50 bits per heavy atom. The average molecular weight is 176 g/mol. The highest BCUT2D eigenvalue weighted by Crippen LogP contribution is 2.39. The summed E-state index contributed by atoms with van der Waals surface area (Å²) < 4.78 is 26.1. The Kier molecular flexibility index (Phi) is 2.65. The number of rotatable bonds is 3. The van der Waals surface area contributed by atoms with E-state index in [1.807, 2.05) is 0 Å². The van der Waals surface area contributed by atoms with Crippen LogP contribution in [0.15, 0.2) is 4.99 Å². The zero-order valence-electron chi connectivity index (χ0n) is 7.19. The quantitative estimate of drug-likeness (QED) is 0.516. The zero-order valence-corrected chi connectivity index (χ0v) is 7.19. The predicted octanol–water partition coefficient (Wildman–Crippen LogP) is 1.80. The van der Waals surface area contributed by atoms with Crippen LogP contribution in [0.3, 0.4) is 0 Å². The maximum Gasteiger partial charge on any atom is 0.270 e. The lowest BCUT2D eigenvalue weighted by atomic mass is 9.80. The SMILES string of the molecule is CC(N)=NCC(F)(F)C1CCC1. The van der Waals surface area contributed by atoms with E-state index in [1.54, 1.807) is 0 Å². The van der Waals surface area contributed by atoms with Crippen molar-refractivity contribution in [3.63, 3.8) is 0 Å². The number of alkyl halides is 2. The fraction of sp³-hybridized carbons (Fsp3) is 0.875. The van der Waals surface area contributed by atoms with E-state index in [0.717, 1.165) is 6.42 Å². The summed E-state index contributed by atoms with van der Waals surface area (Å²) in [6, 6.07) is 0. The van der Waals surface area contributed by atoms with Gasteiger partial charge in [0.15, 0.2) is 0 Å². The van der Waals surface area contributed by atoms with E-state index in [4.69, 9.17) is 5.73 Å². The second kappa shape index (κ2) is 3.37. The summed E-state index contributed by atoms with van der Waals surface area (Å²) in [5.41, 5.74) is 5.18. The Morgan fingerprint density at radius 2 is 2.17 bits per heavy atom.